The van der Waals surface area contributed by atoms with Crippen molar-refractivity contribution in [3.63, 3.8) is 0 Å². The van der Waals surface area contributed by atoms with E-state index in [4.69, 9.17) is 9.52 Å². The van der Waals surface area contributed by atoms with E-state index in [1.165, 1.54) is 22.5 Å². The third-order valence-corrected chi connectivity index (χ3v) is 4.16. The molecular weight excluding hydrogens is 250 g/mol. The molecule has 4 nitrogen and oxygen atoms in total. The molecule has 0 saturated heterocycles. The van der Waals surface area contributed by atoms with Crippen LogP contribution in [0.1, 0.15) is 24.2 Å². The molecule has 4 rings (SSSR count). The van der Waals surface area contributed by atoms with Gasteiger partial charge in [-0.2, -0.15) is 5.10 Å². The van der Waals surface area contributed by atoms with E-state index in [9.17, 15) is 0 Å². The van der Waals surface area contributed by atoms with Gasteiger partial charge in [-0.25, -0.2) is 0 Å². The smallest absolute Gasteiger partial charge is 0.134 e. The van der Waals surface area contributed by atoms with Gasteiger partial charge >= 0.3 is 0 Å². The van der Waals surface area contributed by atoms with Crippen LogP contribution in [0.3, 0.4) is 0 Å². The molecule has 0 unspecified atom stereocenters. The highest BCUT2D eigenvalue weighted by Gasteiger charge is 2.25. The number of aromatic nitrogens is 2. The minimum absolute atomic E-state index is 0.322. The SMILES string of the molecule is C[C@@H]1NCCc2c1nn(C)c2-c1cccc2occc12. The Morgan fingerprint density at radius 3 is 3.15 bits per heavy atom. The molecule has 0 aliphatic carbocycles. The van der Waals surface area contributed by atoms with Crippen LogP contribution in [-0.4, -0.2) is 16.3 Å². The molecule has 0 spiro atoms. The molecule has 20 heavy (non-hydrogen) atoms. The second kappa shape index (κ2) is 4.21. The Bertz CT molecular complexity index is 784. The fourth-order valence-electron chi connectivity index (χ4n) is 3.23. The zero-order valence-electron chi connectivity index (χ0n) is 11.7. The largest absolute Gasteiger partial charge is 0.464 e. The summed E-state index contributed by atoms with van der Waals surface area (Å²) >= 11 is 0. The number of hydrogen-bond donors (Lipinski definition) is 1. The molecule has 0 saturated carbocycles. The summed E-state index contributed by atoms with van der Waals surface area (Å²) in [5, 5.41) is 9.35. The second-order valence-electron chi connectivity index (χ2n) is 5.40. The van der Waals surface area contributed by atoms with Crippen LogP contribution in [0.4, 0.5) is 0 Å². The van der Waals surface area contributed by atoms with Crippen LogP contribution in [0.5, 0.6) is 0 Å². The molecule has 1 N–H and O–H groups in total. The number of fused-ring (bicyclic) bond motifs is 2. The lowest BCUT2D eigenvalue weighted by Gasteiger charge is -2.19. The van der Waals surface area contributed by atoms with Crippen LogP contribution in [0.25, 0.3) is 22.2 Å². The predicted molar refractivity (Wildman–Crippen MR) is 78.5 cm³/mol. The van der Waals surface area contributed by atoms with Gasteiger partial charge in [0.15, 0.2) is 0 Å². The van der Waals surface area contributed by atoms with Gasteiger partial charge in [0, 0.05) is 29.6 Å². The lowest BCUT2D eigenvalue weighted by atomic mass is 9.96. The highest BCUT2D eigenvalue weighted by molar-refractivity contribution is 5.94. The average molecular weight is 267 g/mol. The van der Waals surface area contributed by atoms with Crippen molar-refractivity contribution in [2.45, 2.75) is 19.4 Å². The number of furan rings is 1. The molecule has 1 aromatic carbocycles. The molecule has 0 bridgehead atoms. The van der Waals surface area contributed by atoms with Crippen molar-refractivity contribution in [1.29, 1.82) is 0 Å². The minimum Gasteiger partial charge on any atom is -0.464 e. The molecule has 0 amide bonds. The number of hydrogen-bond acceptors (Lipinski definition) is 3. The van der Waals surface area contributed by atoms with Crippen LogP contribution in [0, 0.1) is 0 Å². The zero-order valence-corrected chi connectivity index (χ0v) is 11.7. The first-order chi connectivity index (χ1) is 9.75. The zero-order chi connectivity index (χ0) is 13.7. The molecule has 1 aliphatic heterocycles. The molecule has 4 heteroatoms. The molecule has 3 heterocycles. The van der Waals surface area contributed by atoms with Crippen LogP contribution >= 0.6 is 0 Å². The molecule has 2 aromatic heterocycles. The van der Waals surface area contributed by atoms with Crippen LogP contribution in [0.15, 0.2) is 34.9 Å². The summed E-state index contributed by atoms with van der Waals surface area (Å²) in [6.07, 6.45) is 2.78. The fraction of sp³-hybridized carbons (Fsp3) is 0.312. The van der Waals surface area contributed by atoms with E-state index >= 15 is 0 Å². The third kappa shape index (κ3) is 1.55. The van der Waals surface area contributed by atoms with Crippen LogP contribution < -0.4 is 5.32 Å². The molecule has 1 atom stereocenters. The maximum atomic E-state index is 5.52. The maximum Gasteiger partial charge on any atom is 0.134 e. The fourth-order valence-corrected chi connectivity index (χ4v) is 3.23. The Morgan fingerprint density at radius 2 is 2.25 bits per heavy atom. The highest BCUT2D eigenvalue weighted by Crippen LogP contribution is 2.35. The predicted octanol–water partition coefficient (Wildman–Crippen LogP) is 3.04. The van der Waals surface area contributed by atoms with Crippen LogP contribution in [0.2, 0.25) is 0 Å². The van der Waals surface area contributed by atoms with Crippen LogP contribution in [-0.2, 0) is 13.5 Å². The van der Waals surface area contributed by atoms with Crippen molar-refractivity contribution < 1.29 is 4.42 Å². The quantitative estimate of drug-likeness (QED) is 0.737. The van der Waals surface area contributed by atoms with Gasteiger partial charge in [-0.05, 0) is 32.0 Å². The van der Waals surface area contributed by atoms with E-state index < -0.39 is 0 Å². The first-order valence-corrected chi connectivity index (χ1v) is 7.01. The summed E-state index contributed by atoms with van der Waals surface area (Å²) in [5.41, 5.74) is 5.91. The van der Waals surface area contributed by atoms with E-state index in [1.54, 1.807) is 6.26 Å². The minimum atomic E-state index is 0.322. The molecule has 1 aliphatic rings. The van der Waals surface area contributed by atoms with Gasteiger partial charge in [0.2, 0.25) is 0 Å². The molecule has 0 radical (unpaired) electrons. The van der Waals surface area contributed by atoms with Gasteiger partial charge in [0.1, 0.15) is 5.58 Å². The van der Waals surface area contributed by atoms with E-state index in [0.717, 1.165) is 23.9 Å². The number of rotatable bonds is 1. The topological polar surface area (TPSA) is 43.0 Å². The summed E-state index contributed by atoms with van der Waals surface area (Å²) in [6, 6.07) is 8.56. The van der Waals surface area contributed by atoms with Crippen molar-refractivity contribution in [1.82, 2.24) is 15.1 Å². The molecule has 3 aromatic rings. The lowest BCUT2D eigenvalue weighted by molar-refractivity contribution is 0.525. The maximum absolute atomic E-state index is 5.52. The standard InChI is InChI=1S/C16H17N3O/c1-10-15-13(6-8-17-10)16(19(2)18-15)12-4-3-5-14-11(12)7-9-20-14/h3-5,7,9-10,17H,6,8H2,1-2H3/t10-/m0/s1. The molecular formula is C16H17N3O. The van der Waals surface area contributed by atoms with Crippen molar-refractivity contribution in [2.24, 2.45) is 7.05 Å². The Balaban J connectivity index is 2.01. The highest BCUT2D eigenvalue weighted by atomic mass is 16.3. The summed E-state index contributed by atoms with van der Waals surface area (Å²) in [5.74, 6) is 0. The Hall–Kier alpha value is -2.07. The Morgan fingerprint density at radius 1 is 1.35 bits per heavy atom. The number of aryl methyl sites for hydroxylation is 1. The van der Waals surface area contributed by atoms with Gasteiger partial charge in [0.25, 0.3) is 0 Å². The molecule has 102 valence electrons. The van der Waals surface area contributed by atoms with Crippen molar-refractivity contribution >= 4 is 11.0 Å². The summed E-state index contributed by atoms with van der Waals surface area (Å²) in [4.78, 5) is 0. The number of benzene rings is 1. The number of nitrogens with one attached hydrogen (secondary N) is 1. The first-order valence-electron chi connectivity index (χ1n) is 7.01. The van der Waals surface area contributed by atoms with Crippen molar-refractivity contribution in [3.8, 4) is 11.3 Å². The first kappa shape index (κ1) is 11.7. The average Bonchev–Trinajstić information content (AvgIpc) is 3.03. The van der Waals surface area contributed by atoms with E-state index in [-0.39, 0.29) is 0 Å². The second-order valence-corrected chi connectivity index (χ2v) is 5.40. The normalized spacial score (nSPS) is 18.4. The molecule has 0 fully saturated rings. The van der Waals surface area contributed by atoms with Gasteiger partial charge in [-0.1, -0.05) is 12.1 Å². The monoisotopic (exact) mass is 267 g/mol. The Labute approximate surface area is 117 Å². The van der Waals surface area contributed by atoms with E-state index in [0.29, 0.717) is 6.04 Å². The Kier molecular flexibility index (Phi) is 2.47. The van der Waals surface area contributed by atoms with Gasteiger partial charge in [0.05, 0.1) is 17.7 Å². The van der Waals surface area contributed by atoms with E-state index in [1.807, 2.05) is 29.9 Å². The van der Waals surface area contributed by atoms with Gasteiger partial charge in [-0.3, -0.25) is 4.68 Å². The summed E-state index contributed by atoms with van der Waals surface area (Å²) in [6.45, 7) is 3.18. The lowest BCUT2D eigenvalue weighted by Crippen LogP contribution is -2.27. The van der Waals surface area contributed by atoms with Crippen molar-refractivity contribution in [2.75, 3.05) is 6.54 Å². The van der Waals surface area contributed by atoms with E-state index in [2.05, 4.69) is 18.3 Å². The third-order valence-electron chi connectivity index (χ3n) is 4.16. The van der Waals surface area contributed by atoms with Gasteiger partial charge in [-0.15, -0.1) is 0 Å². The van der Waals surface area contributed by atoms with Gasteiger partial charge < -0.3 is 9.73 Å². The number of nitrogens with zero attached hydrogens (tertiary/aromatic N) is 2. The summed E-state index contributed by atoms with van der Waals surface area (Å²) in [7, 11) is 2.03. The summed E-state index contributed by atoms with van der Waals surface area (Å²) < 4.78 is 7.53. The van der Waals surface area contributed by atoms with Crippen molar-refractivity contribution in [3.05, 3.63) is 41.8 Å².